The van der Waals surface area contributed by atoms with E-state index in [2.05, 4.69) is 63.8 Å². The molecule has 0 amide bonds. The van der Waals surface area contributed by atoms with Crippen molar-refractivity contribution in [3.63, 3.8) is 0 Å². The number of aliphatic imine (C=N–C) groups is 1. The number of hydrogen-bond donors (Lipinski definition) is 0. The van der Waals surface area contributed by atoms with Crippen molar-refractivity contribution in [2.75, 3.05) is 13.7 Å². The van der Waals surface area contributed by atoms with Crippen LogP contribution in [0.15, 0.2) is 76.1 Å². The maximum absolute atomic E-state index is 5.40. The fourth-order valence-corrected chi connectivity index (χ4v) is 3.26. The molecule has 26 heavy (non-hydrogen) atoms. The van der Waals surface area contributed by atoms with E-state index in [1.54, 1.807) is 7.11 Å². The summed E-state index contributed by atoms with van der Waals surface area (Å²) < 4.78 is 5.40. The highest BCUT2D eigenvalue weighted by Gasteiger charge is 2.19. The predicted octanol–water partition coefficient (Wildman–Crippen LogP) is 6.50. The van der Waals surface area contributed by atoms with Crippen molar-refractivity contribution in [2.45, 2.75) is 52.9 Å². The number of unbranched alkanes of at least 4 members (excludes halogenated alkanes) is 1. The Labute approximate surface area is 159 Å². The number of ether oxygens (including phenoxy) is 1. The number of methoxy groups -OCH3 is 1. The Hall–Kier alpha value is -2.09. The average Bonchev–Trinajstić information content (AvgIpc) is 2.93. The Bertz CT molecular complexity index is 698. The first kappa shape index (κ1) is 20.2. The lowest BCUT2D eigenvalue weighted by Crippen LogP contribution is -2.05. The Kier molecular flexibility index (Phi) is 7.90. The first-order valence-electron chi connectivity index (χ1n) is 9.72. The van der Waals surface area contributed by atoms with Crippen molar-refractivity contribution in [3.8, 4) is 0 Å². The van der Waals surface area contributed by atoms with Crippen LogP contribution in [0.4, 0.5) is 0 Å². The SMILES string of the molecule is C=C(OC)C1C=CC(=NCCCC)C(CC2=CC=C(C)CC=C2)=C(C)C1. The molecule has 0 radical (unpaired) electrons. The van der Waals surface area contributed by atoms with E-state index in [-0.39, 0.29) is 5.92 Å². The third kappa shape index (κ3) is 5.72. The number of hydrogen-bond acceptors (Lipinski definition) is 2. The Morgan fingerprint density at radius 2 is 2.08 bits per heavy atom. The van der Waals surface area contributed by atoms with Crippen LogP contribution in [0.5, 0.6) is 0 Å². The fourth-order valence-electron chi connectivity index (χ4n) is 3.26. The summed E-state index contributed by atoms with van der Waals surface area (Å²) in [6.45, 7) is 11.6. The third-order valence-electron chi connectivity index (χ3n) is 5.04. The summed E-state index contributed by atoms with van der Waals surface area (Å²) >= 11 is 0. The zero-order valence-electron chi connectivity index (χ0n) is 16.8. The smallest absolute Gasteiger partial charge is 0.0955 e. The van der Waals surface area contributed by atoms with Crippen molar-refractivity contribution in [1.29, 1.82) is 0 Å². The van der Waals surface area contributed by atoms with Crippen LogP contribution in [0.1, 0.15) is 52.9 Å². The van der Waals surface area contributed by atoms with Gasteiger partial charge in [0.15, 0.2) is 0 Å². The normalized spacial score (nSPS) is 22.0. The quantitative estimate of drug-likeness (QED) is 0.379. The molecule has 2 aliphatic rings. The van der Waals surface area contributed by atoms with Crippen LogP contribution in [0, 0.1) is 5.92 Å². The highest BCUT2D eigenvalue weighted by Crippen LogP contribution is 2.30. The van der Waals surface area contributed by atoms with E-state index >= 15 is 0 Å². The van der Waals surface area contributed by atoms with Gasteiger partial charge < -0.3 is 4.74 Å². The highest BCUT2D eigenvalue weighted by molar-refractivity contribution is 6.09. The molecule has 0 aromatic carbocycles. The van der Waals surface area contributed by atoms with E-state index in [1.807, 2.05) is 0 Å². The van der Waals surface area contributed by atoms with Gasteiger partial charge >= 0.3 is 0 Å². The van der Waals surface area contributed by atoms with Crippen LogP contribution in [0.25, 0.3) is 0 Å². The van der Waals surface area contributed by atoms with E-state index in [0.717, 1.165) is 43.7 Å². The largest absolute Gasteiger partial charge is 0.501 e. The minimum Gasteiger partial charge on any atom is -0.501 e. The Morgan fingerprint density at radius 1 is 1.27 bits per heavy atom. The van der Waals surface area contributed by atoms with E-state index in [0.29, 0.717) is 0 Å². The molecule has 0 aromatic rings. The summed E-state index contributed by atoms with van der Waals surface area (Å²) in [5, 5.41) is 0. The maximum Gasteiger partial charge on any atom is 0.0955 e. The molecule has 1 unspecified atom stereocenters. The van der Waals surface area contributed by atoms with E-state index in [1.165, 1.54) is 28.7 Å². The molecule has 0 spiro atoms. The van der Waals surface area contributed by atoms with Gasteiger partial charge in [-0.15, -0.1) is 0 Å². The van der Waals surface area contributed by atoms with Gasteiger partial charge in [-0.25, -0.2) is 0 Å². The van der Waals surface area contributed by atoms with Gasteiger partial charge in [-0.2, -0.15) is 0 Å². The van der Waals surface area contributed by atoms with Crippen LogP contribution in [0.3, 0.4) is 0 Å². The summed E-state index contributed by atoms with van der Waals surface area (Å²) in [5.41, 5.74) is 6.61. The van der Waals surface area contributed by atoms with Crippen LogP contribution in [0.2, 0.25) is 0 Å². The average molecular weight is 352 g/mol. The molecule has 0 saturated carbocycles. The summed E-state index contributed by atoms with van der Waals surface area (Å²) in [5.74, 6) is 1.04. The van der Waals surface area contributed by atoms with E-state index in [4.69, 9.17) is 9.73 Å². The van der Waals surface area contributed by atoms with Crippen LogP contribution in [-0.2, 0) is 4.74 Å². The third-order valence-corrected chi connectivity index (χ3v) is 5.04. The lowest BCUT2D eigenvalue weighted by Gasteiger charge is -2.15. The zero-order chi connectivity index (χ0) is 18.9. The lowest BCUT2D eigenvalue weighted by atomic mass is 9.93. The second-order valence-corrected chi connectivity index (χ2v) is 7.26. The molecule has 2 heteroatoms. The molecule has 0 fully saturated rings. The zero-order valence-corrected chi connectivity index (χ0v) is 16.8. The fraction of sp³-hybridized carbons (Fsp3) is 0.458. The summed E-state index contributed by atoms with van der Waals surface area (Å²) in [6.07, 6.45) is 18.6. The second-order valence-electron chi connectivity index (χ2n) is 7.26. The maximum atomic E-state index is 5.40. The number of rotatable bonds is 7. The van der Waals surface area contributed by atoms with E-state index < -0.39 is 0 Å². The molecule has 2 rings (SSSR count). The van der Waals surface area contributed by atoms with Crippen molar-refractivity contribution in [1.82, 2.24) is 0 Å². The monoisotopic (exact) mass is 351 g/mol. The molecule has 1 atom stereocenters. The molecule has 0 saturated heterocycles. The van der Waals surface area contributed by atoms with Gasteiger partial charge in [0.2, 0.25) is 0 Å². The summed E-state index contributed by atoms with van der Waals surface area (Å²) in [6, 6.07) is 0. The van der Waals surface area contributed by atoms with Gasteiger partial charge in [-0.1, -0.05) is 61.4 Å². The van der Waals surface area contributed by atoms with Crippen LogP contribution in [-0.4, -0.2) is 19.4 Å². The molecule has 2 nitrogen and oxygen atoms in total. The van der Waals surface area contributed by atoms with Gasteiger partial charge in [-0.3, -0.25) is 4.99 Å². The molecule has 0 N–H and O–H groups in total. The minimum absolute atomic E-state index is 0.217. The van der Waals surface area contributed by atoms with Crippen molar-refractivity contribution in [2.24, 2.45) is 10.9 Å². The molecular formula is C24H33NO. The second kappa shape index (κ2) is 10.2. The summed E-state index contributed by atoms with van der Waals surface area (Å²) in [4.78, 5) is 4.92. The Balaban J connectivity index is 2.34. The minimum atomic E-state index is 0.217. The first-order chi connectivity index (χ1) is 12.5. The van der Waals surface area contributed by atoms with Gasteiger partial charge in [0.25, 0.3) is 0 Å². The van der Waals surface area contributed by atoms with Gasteiger partial charge in [0.05, 0.1) is 18.6 Å². The predicted molar refractivity (Wildman–Crippen MR) is 114 cm³/mol. The highest BCUT2D eigenvalue weighted by atomic mass is 16.5. The Morgan fingerprint density at radius 3 is 2.81 bits per heavy atom. The van der Waals surface area contributed by atoms with E-state index in [9.17, 15) is 0 Å². The number of nitrogens with zero attached hydrogens (tertiary/aromatic N) is 1. The molecule has 0 bridgehead atoms. The van der Waals surface area contributed by atoms with Gasteiger partial charge in [0.1, 0.15) is 0 Å². The van der Waals surface area contributed by atoms with Crippen molar-refractivity contribution in [3.05, 3.63) is 71.1 Å². The van der Waals surface area contributed by atoms with Crippen LogP contribution >= 0.6 is 0 Å². The molecule has 0 aromatic heterocycles. The van der Waals surface area contributed by atoms with Crippen molar-refractivity contribution < 1.29 is 4.74 Å². The molecule has 140 valence electrons. The molecule has 0 aliphatic heterocycles. The standard InChI is InChI=1S/C24H33NO/c1-6-7-15-25-24-14-13-22(20(4)26-5)16-19(3)23(24)17-21-10-8-9-18(2)11-12-21/h8,10-14,22H,4,6-7,9,15-17H2,1-3,5H3. The first-order valence-corrected chi connectivity index (χ1v) is 9.72. The van der Waals surface area contributed by atoms with Gasteiger partial charge in [0, 0.05) is 12.5 Å². The number of allylic oxidation sites excluding steroid dienone is 10. The van der Waals surface area contributed by atoms with Crippen LogP contribution < -0.4 is 0 Å². The van der Waals surface area contributed by atoms with Crippen molar-refractivity contribution >= 4 is 5.71 Å². The lowest BCUT2D eigenvalue weighted by molar-refractivity contribution is 0.258. The molecule has 0 heterocycles. The molecular weight excluding hydrogens is 318 g/mol. The van der Waals surface area contributed by atoms with Gasteiger partial charge in [-0.05, 0) is 56.8 Å². The topological polar surface area (TPSA) is 21.6 Å². The summed E-state index contributed by atoms with van der Waals surface area (Å²) in [7, 11) is 1.70. The molecule has 2 aliphatic carbocycles.